The van der Waals surface area contributed by atoms with Gasteiger partial charge in [0.05, 0.1) is 5.56 Å². The largest absolute Gasteiger partial charge is 0.478 e. The van der Waals surface area contributed by atoms with Crippen LogP contribution in [-0.2, 0) is 0 Å². The van der Waals surface area contributed by atoms with Crippen LogP contribution in [0.5, 0.6) is 0 Å². The Morgan fingerprint density at radius 3 is 2.50 bits per heavy atom. The smallest absolute Gasteiger partial charge is 0.338 e. The normalized spacial score (nSPS) is 10.5. The van der Waals surface area contributed by atoms with Crippen LogP contribution in [0.2, 0.25) is 0 Å². The molecule has 0 aliphatic heterocycles. The highest BCUT2D eigenvalue weighted by Crippen LogP contribution is 2.12. The first-order chi connectivity index (χ1) is 7.47. The van der Waals surface area contributed by atoms with Crippen molar-refractivity contribution in [2.45, 2.75) is 26.8 Å². The zero-order valence-corrected chi connectivity index (χ0v) is 9.56. The first-order valence-electron chi connectivity index (χ1n) is 5.10. The first kappa shape index (κ1) is 12.3. The molecule has 5 nitrogen and oxygen atoms in total. The van der Waals surface area contributed by atoms with E-state index in [1.54, 1.807) is 4.90 Å². The third-order valence-electron chi connectivity index (χ3n) is 2.28. The van der Waals surface area contributed by atoms with Gasteiger partial charge in [-0.25, -0.2) is 4.79 Å². The molecule has 0 radical (unpaired) electrons. The number of rotatable bonds is 4. The van der Waals surface area contributed by atoms with E-state index < -0.39 is 5.97 Å². The predicted octanol–water partition coefficient (Wildman–Crippen LogP) is 1.85. The summed E-state index contributed by atoms with van der Waals surface area (Å²) in [6.07, 6.45) is 1.07. The van der Waals surface area contributed by atoms with Crippen LogP contribution in [0.1, 0.15) is 41.7 Å². The molecule has 0 aliphatic carbocycles. The Kier molecular flexibility index (Phi) is 3.71. The number of amides is 1. The van der Waals surface area contributed by atoms with E-state index in [2.05, 4.69) is 0 Å². The Balaban J connectivity index is 2.91. The van der Waals surface area contributed by atoms with E-state index in [0.29, 0.717) is 6.54 Å². The minimum atomic E-state index is -1.10. The molecule has 1 N–H and O–H groups in total. The maximum Gasteiger partial charge on any atom is 0.338 e. The maximum atomic E-state index is 11.9. The van der Waals surface area contributed by atoms with Gasteiger partial charge in [-0.1, -0.05) is 0 Å². The number of nitrogens with zero attached hydrogens (tertiary/aromatic N) is 1. The average molecular weight is 225 g/mol. The molecule has 88 valence electrons. The Morgan fingerprint density at radius 2 is 2.12 bits per heavy atom. The maximum absolute atomic E-state index is 11.9. The highest BCUT2D eigenvalue weighted by molar-refractivity contribution is 5.95. The molecular formula is C11H15NO4. The number of hydrogen-bond acceptors (Lipinski definition) is 3. The first-order valence-corrected chi connectivity index (χ1v) is 5.10. The van der Waals surface area contributed by atoms with Crippen LogP contribution < -0.4 is 0 Å². The van der Waals surface area contributed by atoms with E-state index in [0.717, 1.165) is 6.26 Å². The van der Waals surface area contributed by atoms with Crippen LogP contribution in [-0.4, -0.2) is 34.5 Å². The van der Waals surface area contributed by atoms with E-state index in [1.165, 1.54) is 6.07 Å². The van der Waals surface area contributed by atoms with Crippen LogP contribution in [0.3, 0.4) is 0 Å². The third-order valence-corrected chi connectivity index (χ3v) is 2.28. The van der Waals surface area contributed by atoms with Crippen LogP contribution in [0.15, 0.2) is 16.7 Å². The summed E-state index contributed by atoms with van der Waals surface area (Å²) in [4.78, 5) is 24.1. The molecule has 0 aliphatic rings. The molecule has 0 aromatic carbocycles. The molecule has 5 heteroatoms. The van der Waals surface area contributed by atoms with Crippen molar-refractivity contribution < 1.29 is 19.1 Å². The molecule has 0 bridgehead atoms. The van der Waals surface area contributed by atoms with Crippen molar-refractivity contribution >= 4 is 11.9 Å². The van der Waals surface area contributed by atoms with Crippen molar-refractivity contribution in [1.82, 2.24) is 4.90 Å². The summed E-state index contributed by atoms with van der Waals surface area (Å²) in [6.45, 7) is 6.20. The SMILES string of the molecule is CCN(C(=O)c1cc(C(=O)O)co1)C(C)C. The molecule has 0 saturated carbocycles. The van der Waals surface area contributed by atoms with Crippen LogP contribution in [0, 0.1) is 0 Å². The third kappa shape index (κ3) is 2.42. The van der Waals surface area contributed by atoms with Crippen molar-refractivity contribution in [3.05, 3.63) is 23.7 Å². The number of hydrogen-bond donors (Lipinski definition) is 1. The van der Waals surface area contributed by atoms with E-state index >= 15 is 0 Å². The van der Waals surface area contributed by atoms with Gasteiger partial charge in [-0.3, -0.25) is 4.79 Å². The molecule has 16 heavy (non-hydrogen) atoms. The Labute approximate surface area is 93.7 Å². The van der Waals surface area contributed by atoms with Gasteiger partial charge in [0.15, 0.2) is 5.76 Å². The quantitative estimate of drug-likeness (QED) is 0.848. The predicted molar refractivity (Wildman–Crippen MR) is 57.5 cm³/mol. The van der Waals surface area contributed by atoms with Crippen LogP contribution in [0.4, 0.5) is 0 Å². The number of carbonyl (C=O) groups excluding carboxylic acids is 1. The molecule has 0 atom stereocenters. The summed E-state index contributed by atoms with van der Waals surface area (Å²) in [5.74, 6) is -1.33. The zero-order chi connectivity index (χ0) is 12.3. The van der Waals surface area contributed by atoms with Gasteiger partial charge in [-0.05, 0) is 20.8 Å². The van der Waals surface area contributed by atoms with Gasteiger partial charge >= 0.3 is 5.97 Å². The lowest BCUT2D eigenvalue weighted by Crippen LogP contribution is -2.36. The monoisotopic (exact) mass is 225 g/mol. The molecule has 1 heterocycles. The van der Waals surface area contributed by atoms with E-state index in [4.69, 9.17) is 9.52 Å². The number of furan rings is 1. The molecule has 0 saturated heterocycles. The average Bonchev–Trinajstić information content (AvgIpc) is 2.66. The van der Waals surface area contributed by atoms with Crippen molar-refractivity contribution in [3.63, 3.8) is 0 Å². The summed E-state index contributed by atoms with van der Waals surface area (Å²) in [7, 11) is 0. The number of aromatic carboxylic acids is 1. The fourth-order valence-electron chi connectivity index (χ4n) is 1.45. The summed E-state index contributed by atoms with van der Waals surface area (Å²) < 4.78 is 4.95. The molecule has 1 aromatic rings. The van der Waals surface area contributed by atoms with E-state index in [9.17, 15) is 9.59 Å². The lowest BCUT2D eigenvalue weighted by Gasteiger charge is -2.23. The van der Waals surface area contributed by atoms with Crippen molar-refractivity contribution in [1.29, 1.82) is 0 Å². The lowest BCUT2D eigenvalue weighted by atomic mass is 10.2. The Morgan fingerprint density at radius 1 is 1.50 bits per heavy atom. The highest BCUT2D eigenvalue weighted by atomic mass is 16.4. The zero-order valence-electron chi connectivity index (χ0n) is 9.56. The molecule has 1 amide bonds. The van der Waals surface area contributed by atoms with E-state index in [1.807, 2.05) is 20.8 Å². The minimum absolute atomic E-state index is 0.0110. The standard InChI is InChI=1S/C11H15NO4/c1-4-12(7(2)3)10(13)9-5-8(6-16-9)11(14)15/h5-7H,4H2,1-3H3,(H,14,15). The Bertz CT molecular complexity index is 394. The number of carboxylic acids is 1. The van der Waals surface area contributed by atoms with Crippen molar-refractivity contribution in [3.8, 4) is 0 Å². The number of carbonyl (C=O) groups is 2. The second-order valence-corrected chi connectivity index (χ2v) is 3.69. The fraction of sp³-hybridized carbons (Fsp3) is 0.455. The highest BCUT2D eigenvalue weighted by Gasteiger charge is 2.21. The number of carboxylic acid groups (broad SMARTS) is 1. The Hall–Kier alpha value is -1.78. The van der Waals surface area contributed by atoms with Gasteiger partial charge in [0, 0.05) is 18.7 Å². The van der Waals surface area contributed by atoms with Gasteiger partial charge in [-0.2, -0.15) is 0 Å². The minimum Gasteiger partial charge on any atom is -0.478 e. The fourth-order valence-corrected chi connectivity index (χ4v) is 1.45. The van der Waals surface area contributed by atoms with Gasteiger partial charge in [0.2, 0.25) is 0 Å². The molecule has 1 rings (SSSR count). The van der Waals surface area contributed by atoms with Gasteiger partial charge in [0.25, 0.3) is 5.91 Å². The molecule has 1 aromatic heterocycles. The van der Waals surface area contributed by atoms with Gasteiger partial charge < -0.3 is 14.4 Å². The summed E-state index contributed by atoms with van der Waals surface area (Å²) in [5.41, 5.74) is -0.0110. The summed E-state index contributed by atoms with van der Waals surface area (Å²) in [5, 5.41) is 8.70. The van der Waals surface area contributed by atoms with Crippen LogP contribution >= 0.6 is 0 Å². The second-order valence-electron chi connectivity index (χ2n) is 3.69. The summed E-state index contributed by atoms with van der Waals surface area (Å²) in [6, 6.07) is 1.30. The van der Waals surface area contributed by atoms with E-state index in [-0.39, 0.29) is 23.3 Å². The van der Waals surface area contributed by atoms with Crippen molar-refractivity contribution in [2.75, 3.05) is 6.54 Å². The topological polar surface area (TPSA) is 70.8 Å². The second kappa shape index (κ2) is 4.83. The molecule has 0 unspecified atom stereocenters. The van der Waals surface area contributed by atoms with Crippen molar-refractivity contribution in [2.24, 2.45) is 0 Å². The molecular weight excluding hydrogens is 210 g/mol. The van der Waals surface area contributed by atoms with Crippen LogP contribution in [0.25, 0.3) is 0 Å². The summed E-state index contributed by atoms with van der Waals surface area (Å²) >= 11 is 0. The molecule has 0 fully saturated rings. The van der Waals surface area contributed by atoms with Gasteiger partial charge in [0.1, 0.15) is 6.26 Å². The molecule has 0 spiro atoms. The lowest BCUT2D eigenvalue weighted by molar-refractivity contribution is 0.0679. The van der Waals surface area contributed by atoms with Gasteiger partial charge in [-0.15, -0.1) is 0 Å².